The van der Waals surface area contributed by atoms with Crippen LogP contribution in [-0.2, 0) is 9.53 Å². The number of carbonyl (C=O) groups is 1. The van der Waals surface area contributed by atoms with Gasteiger partial charge in [-0.2, -0.15) is 0 Å². The molecule has 3 nitrogen and oxygen atoms in total. The molecule has 2 aromatic carbocycles. The molecule has 2 aromatic rings. The van der Waals surface area contributed by atoms with Gasteiger partial charge in [-0.1, -0.05) is 74.5 Å². The minimum atomic E-state index is -0.509. The Bertz CT molecular complexity index is 606. The van der Waals surface area contributed by atoms with E-state index < -0.39 is 6.04 Å². The quantitative estimate of drug-likeness (QED) is 0.457. The van der Waals surface area contributed by atoms with E-state index in [2.05, 4.69) is 0 Å². The van der Waals surface area contributed by atoms with Crippen LogP contribution >= 0.6 is 0 Å². The molecule has 1 atom stereocenters. The van der Waals surface area contributed by atoms with E-state index in [0.29, 0.717) is 6.61 Å². The first kappa shape index (κ1) is 16.9. The molecule has 120 valence electrons. The molecule has 0 heterocycles. The summed E-state index contributed by atoms with van der Waals surface area (Å²) in [4.78, 5) is 17.0. The Morgan fingerprint density at radius 3 is 1.83 bits per heavy atom. The minimum absolute atomic E-state index is 0.0662. The summed E-state index contributed by atoms with van der Waals surface area (Å²) in [6.07, 6.45) is 0. The predicted molar refractivity (Wildman–Crippen MR) is 93.8 cm³/mol. The largest absolute Gasteiger partial charge is 0.464 e. The first-order valence-corrected chi connectivity index (χ1v) is 7.98. The lowest BCUT2D eigenvalue weighted by Gasteiger charge is -2.17. The van der Waals surface area contributed by atoms with Crippen molar-refractivity contribution >= 4 is 11.7 Å². The number of aliphatic imine (C=N–C) groups is 1. The summed E-state index contributed by atoms with van der Waals surface area (Å²) in [5, 5.41) is 0. The summed E-state index contributed by atoms with van der Waals surface area (Å²) >= 11 is 0. The van der Waals surface area contributed by atoms with E-state index in [1.165, 1.54) is 0 Å². The fourth-order valence-electron chi connectivity index (χ4n) is 2.35. The monoisotopic (exact) mass is 310 g/mol. The Kier molecular flexibility index (Phi) is 6.10. The zero-order valence-electron chi connectivity index (χ0n) is 13.9. The normalized spacial score (nSPS) is 11.8. The minimum Gasteiger partial charge on any atom is -0.464 e. The maximum absolute atomic E-state index is 12.3. The summed E-state index contributed by atoms with van der Waals surface area (Å²) in [6.45, 7) is 6.15. The van der Waals surface area contributed by atoms with E-state index in [4.69, 9.17) is 9.73 Å². The van der Waals surface area contributed by atoms with Crippen molar-refractivity contribution in [2.75, 3.05) is 6.61 Å². The fraction of sp³-hybridized carbons (Fsp3) is 0.300. The maximum atomic E-state index is 12.3. The van der Waals surface area contributed by atoms with Crippen molar-refractivity contribution in [1.29, 1.82) is 0 Å². The third-order valence-electron chi connectivity index (χ3n) is 3.52. The van der Waals surface area contributed by atoms with Crippen LogP contribution in [-0.4, -0.2) is 24.3 Å². The van der Waals surface area contributed by atoms with Crippen molar-refractivity contribution in [1.82, 2.24) is 0 Å². The van der Waals surface area contributed by atoms with Gasteiger partial charge >= 0.3 is 5.97 Å². The molecule has 23 heavy (non-hydrogen) atoms. The Labute approximate surface area is 138 Å². The maximum Gasteiger partial charge on any atom is 0.331 e. The molecule has 0 aliphatic carbocycles. The molecule has 0 aliphatic heterocycles. The van der Waals surface area contributed by atoms with Crippen LogP contribution in [0.25, 0.3) is 0 Å². The third-order valence-corrected chi connectivity index (χ3v) is 3.52. The van der Waals surface area contributed by atoms with Gasteiger partial charge in [-0.15, -0.1) is 0 Å². The van der Waals surface area contributed by atoms with Gasteiger partial charge in [0.25, 0.3) is 0 Å². The average Bonchev–Trinajstić information content (AvgIpc) is 2.57. The fourth-order valence-corrected chi connectivity index (χ4v) is 2.35. The second-order valence-electron chi connectivity index (χ2n) is 5.65. The molecule has 0 spiro atoms. The highest BCUT2D eigenvalue weighted by molar-refractivity contribution is 6.13. The van der Waals surface area contributed by atoms with Crippen LogP contribution in [0.3, 0.4) is 0 Å². The van der Waals surface area contributed by atoms with Crippen molar-refractivity contribution in [2.24, 2.45) is 10.9 Å². The van der Waals surface area contributed by atoms with Gasteiger partial charge in [0.05, 0.1) is 12.3 Å². The van der Waals surface area contributed by atoms with Crippen molar-refractivity contribution in [3.8, 4) is 0 Å². The molecule has 0 saturated heterocycles. The lowest BCUT2D eigenvalue weighted by molar-refractivity contribution is -0.145. The standard InChI is InChI=1S/C20H23NO2/c1-4-23-20(22)18(15(2)3)21-19(16-11-7-5-8-12-16)17-13-9-6-10-14-17/h5-15,18H,4H2,1-3H3/i21+1. The lowest BCUT2D eigenvalue weighted by atomic mass is 10.0. The highest BCUT2D eigenvalue weighted by Crippen LogP contribution is 2.16. The predicted octanol–water partition coefficient (Wildman–Crippen LogP) is 4.11. The Morgan fingerprint density at radius 1 is 0.957 bits per heavy atom. The van der Waals surface area contributed by atoms with Crippen LogP contribution in [0.15, 0.2) is 65.7 Å². The number of nitrogens with zero attached hydrogens (tertiary/aromatic N) is 1. The van der Waals surface area contributed by atoms with E-state index >= 15 is 0 Å². The molecule has 0 saturated carbocycles. The number of esters is 1. The van der Waals surface area contributed by atoms with Crippen LogP contribution < -0.4 is 0 Å². The number of hydrogen-bond donors (Lipinski definition) is 0. The Hall–Kier alpha value is -2.42. The molecule has 0 amide bonds. The zero-order chi connectivity index (χ0) is 16.7. The first-order chi connectivity index (χ1) is 11.1. The number of rotatable bonds is 6. The van der Waals surface area contributed by atoms with Gasteiger partial charge in [-0.3, -0.25) is 4.99 Å². The lowest BCUT2D eigenvalue weighted by Crippen LogP contribution is -2.28. The van der Waals surface area contributed by atoms with Gasteiger partial charge < -0.3 is 4.74 Å². The van der Waals surface area contributed by atoms with Crippen molar-refractivity contribution in [3.05, 3.63) is 71.8 Å². The van der Waals surface area contributed by atoms with Crippen molar-refractivity contribution in [2.45, 2.75) is 26.8 Å². The number of benzene rings is 2. The smallest absolute Gasteiger partial charge is 0.331 e. The number of hydrogen-bond acceptors (Lipinski definition) is 3. The highest BCUT2D eigenvalue weighted by Gasteiger charge is 2.24. The van der Waals surface area contributed by atoms with Gasteiger partial charge in [-0.05, 0) is 12.8 Å². The molecule has 0 N–H and O–H groups in total. The molecule has 2 rings (SSSR count). The SMILES string of the molecule is CCOC(=O)C([15N]=C(c1ccccc1)c1ccccc1)C(C)C. The summed E-state index contributed by atoms with van der Waals surface area (Å²) in [7, 11) is 0. The van der Waals surface area contributed by atoms with E-state index in [9.17, 15) is 4.79 Å². The molecule has 1 unspecified atom stereocenters. The molecule has 0 bridgehead atoms. The molecule has 0 aromatic heterocycles. The van der Waals surface area contributed by atoms with E-state index in [1.54, 1.807) is 0 Å². The summed E-state index contributed by atoms with van der Waals surface area (Å²) in [6, 6.07) is 19.4. The topological polar surface area (TPSA) is 38.7 Å². The van der Waals surface area contributed by atoms with Gasteiger partial charge in [-0.25, -0.2) is 4.79 Å². The van der Waals surface area contributed by atoms with Crippen molar-refractivity contribution < 1.29 is 9.53 Å². The summed E-state index contributed by atoms with van der Waals surface area (Å²) < 4.78 is 5.19. The Balaban J connectivity index is 2.49. The van der Waals surface area contributed by atoms with Crippen LogP contribution in [0.2, 0.25) is 0 Å². The van der Waals surface area contributed by atoms with Crippen LogP contribution in [0, 0.1) is 5.92 Å². The first-order valence-electron chi connectivity index (χ1n) is 7.98. The van der Waals surface area contributed by atoms with Crippen LogP contribution in [0.4, 0.5) is 0 Å². The highest BCUT2D eigenvalue weighted by atomic mass is 16.5. The molecule has 3 heteroatoms. The second kappa shape index (κ2) is 8.28. The second-order valence-corrected chi connectivity index (χ2v) is 5.65. The van der Waals surface area contributed by atoms with Crippen LogP contribution in [0.1, 0.15) is 31.9 Å². The molecule has 0 fully saturated rings. The number of carbonyl (C=O) groups excluding carboxylic acids is 1. The van der Waals surface area contributed by atoms with E-state index in [-0.39, 0.29) is 11.9 Å². The average molecular weight is 310 g/mol. The molecular formula is C20H23NO2. The third kappa shape index (κ3) is 4.52. The zero-order valence-corrected chi connectivity index (χ0v) is 13.9. The van der Waals surface area contributed by atoms with Gasteiger partial charge in [0.15, 0.2) is 6.04 Å². The van der Waals surface area contributed by atoms with E-state index in [1.807, 2.05) is 81.4 Å². The van der Waals surface area contributed by atoms with Crippen molar-refractivity contribution in [3.63, 3.8) is 0 Å². The van der Waals surface area contributed by atoms with Crippen LogP contribution in [0.5, 0.6) is 0 Å². The molecule has 0 radical (unpaired) electrons. The molecule has 0 aliphatic rings. The van der Waals surface area contributed by atoms with E-state index in [0.717, 1.165) is 16.8 Å². The Morgan fingerprint density at radius 2 is 1.43 bits per heavy atom. The van der Waals surface area contributed by atoms with Gasteiger partial charge in [0.1, 0.15) is 0 Å². The summed E-state index contributed by atoms with van der Waals surface area (Å²) in [5.74, 6) is -0.205. The number of ether oxygens (including phenoxy) is 1. The summed E-state index contributed by atoms with van der Waals surface area (Å²) in [5.41, 5.74) is 2.81. The van der Waals surface area contributed by atoms with Gasteiger partial charge in [0.2, 0.25) is 0 Å². The van der Waals surface area contributed by atoms with Gasteiger partial charge in [0, 0.05) is 11.1 Å². The molecular weight excluding hydrogens is 287 g/mol.